The molecular weight excluding hydrogens is 446 g/mol. The van der Waals surface area contributed by atoms with Gasteiger partial charge < -0.3 is 20.1 Å². The van der Waals surface area contributed by atoms with E-state index in [1.54, 1.807) is 18.2 Å². The summed E-state index contributed by atoms with van der Waals surface area (Å²) >= 11 is 0. The first-order valence-electron chi connectivity index (χ1n) is 10.4. The van der Waals surface area contributed by atoms with Crippen molar-refractivity contribution in [2.24, 2.45) is 0 Å². The number of aromatic nitrogens is 3. The quantitative estimate of drug-likeness (QED) is 0.390. The van der Waals surface area contributed by atoms with Crippen molar-refractivity contribution in [1.29, 1.82) is 0 Å². The lowest BCUT2D eigenvalue weighted by atomic mass is 9.78. The molecule has 170 valence electrons. The third-order valence-electron chi connectivity index (χ3n) is 5.70. The summed E-state index contributed by atoms with van der Waals surface area (Å²) in [7, 11) is -1.57. The number of hydrogen-bond donors (Lipinski definition) is 3. The molecule has 4 aromatic rings. The van der Waals surface area contributed by atoms with Crippen molar-refractivity contribution >= 4 is 41.7 Å². The second-order valence-corrected chi connectivity index (χ2v) is 7.86. The van der Waals surface area contributed by atoms with Gasteiger partial charge in [-0.15, -0.1) is 12.4 Å². The highest BCUT2D eigenvalue weighted by Crippen LogP contribution is 2.27. The molecule has 0 atom stereocenters. The molecule has 3 heterocycles. The molecule has 33 heavy (non-hydrogen) atoms. The van der Waals surface area contributed by atoms with Crippen LogP contribution in [0.4, 0.5) is 10.2 Å². The van der Waals surface area contributed by atoms with Crippen LogP contribution in [0.2, 0.25) is 0 Å². The first-order valence-corrected chi connectivity index (χ1v) is 10.4. The van der Waals surface area contributed by atoms with Crippen LogP contribution in [0.3, 0.4) is 0 Å². The maximum Gasteiger partial charge on any atom is 0.489 e. The predicted molar refractivity (Wildman–Crippen MR) is 128 cm³/mol. The zero-order valence-corrected chi connectivity index (χ0v) is 18.8. The average Bonchev–Trinajstić information content (AvgIpc) is 3.13. The van der Waals surface area contributed by atoms with Crippen LogP contribution in [0.1, 0.15) is 22.5 Å². The van der Waals surface area contributed by atoms with Gasteiger partial charge in [-0.1, -0.05) is 24.3 Å². The Balaban J connectivity index is 0.00000259. The van der Waals surface area contributed by atoms with Gasteiger partial charge in [0.2, 0.25) is 5.95 Å². The van der Waals surface area contributed by atoms with Gasteiger partial charge in [-0.05, 0) is 42.2 Å². The predicted octanol–water partition coefficient (Wildman–Crippen LogP) is 2.65. The minimum absolute atomic E-state index is 0. The van der Waals surface area contributed by atoms with Gasteiger partial charge in [0.05, 0.1) is 24.4 Å². The molecule has 0 aliphatic carbocycles. The lowest BCUT2D eigenvalue weighted by Gasteiger charge is -2.21. The number of nitrogens with zero attached hydrogens (tertiary/aromatic N) is 3. The SMILES string of the molecule is Cc1cc2c(B(O)O)cccc2n1-c1nc2c(c(NCc3cccc(F)c3)n1)COCC2.Cl. The molecule has 1 aliphatic heterocycles. The number of rotatable bonds is 5. The Morgan fingerprint density at radius 3 is 2.76 bits per heavy atom. The Bertz CT molecular complexity index is 1310. The summed E-state index contributed by atoms with van der Waals surface area (Å²) in [5.74, 6) is 0.854. The Kier molecular flexibility index (Phi) is 6.67. The van der Waals surface area contributed by atoms with Crippen LogP contribution in [0.25, 0.3) is 16.9 Å². The van der Waals surface area contributed by atoms with E-state index >= 15 is 0 Å². The van der Waals surface area contributed by atoms with E-state index in [-0.39, 0.29) is 18.2 Å². The van der Waals surface area contributed by atoms with Gasteiger partial charge in [-0.3, -0.25) is 4.57 Å². The number of ether oxygens (including phenoxy) is 1. The highest BCUT2D eigenvalue weighted by Gasteiger charge is 2.22. The van der Waals surface area contributed by atoms with Gasteiger partial charge in [-0.2, -0.15) is 4.98 Å². The van der Waals surface area contributed by atoms with E-state index in [9.17, 15) is 14.4 Å². The zero-order chi connectivity index (χ0) is 22.2. The molecule has 0 amide bonds. The number of hydrogen-bond acceptors (Lipinski definition) is 6. The third kappa shape index (κ3) is 4.45. The van der Waals surface area contributed by atoms with E-state index in [4.69, 9.17) is 14.7 Å². The number of nitrogens with one attached hydrogen (secondary N) is 1. The van der Waals surface area contributed by atoms with E-state index in [0.29, 0.717) is 43.4 Å². The van der Waals surface area contributed by atoms with Crippen molar-refractivity contribution < 1.29 is 19.2 Å². The average molecular weight is 469 g/mol. The highest BCUT2D eigenvalue weighted by atomic mass is 35.5. The smallest absolute Gasteiger partial charge is 0.423 e. The maximum absolute atomic E-state index is 13.6. The molecule has 0 radical (unpaired) electrons. The molecule has 5 rings (SSSR count). The van der Waals surface area contributed by atoms with Gasteiger partial charge >= 0.3 is 7.12 Å². The molecule has 0 unspecified atom stereocenters. The molecule has 0 bridgehead atoms. The summed E-state index contributed by atoms with van der Waals surface area (Å²) < 4.78 is 21.1. The van der Waals surface area contributed by atoms with Gasteiger partial charge in [0, 0.05) is 29.6 Å². The van der Waals surface area contributed by atoms with Crippen molar-refractivity contribution in [3.8, 4) is 5.95 Å². The van der Waals surface area contributed by atoms with Crippen LogP contribution in [0.5, 0.6) is 0 Å². The normalized spacial score (nSPS) is 12.8. The third-order valence-corrected chi connectivity index (χ3v) is 5.70. The zero-order valence-electron chi connectivity index (χ0n) is 18.0. The van der Waals surface area contributed by atoms with Crippen molar-refractivity contribution in [2.75, 3.05) is 11.9 Å². The van der Waals surface area contributed by atoms with Crippen molar-refractivity contribution in [3.05, 3.63) is 76.9 Å². The molecule has 0 fully saturated rings. The molecule has 0 spiro atoms. The monoisotopic (exact) mass is 468 g/mol. The second-order valence-electron chi connectivity index (χ2n) is 7.86. The Labute approximate surface area is 196 Å². The molecule has 10 heteroatoms. The summed E-state index contributed by atoms with van der Waals surface area (Å²) in [5, 5.41) is 23.6. The van der Waals surface area contributed by atoms with Gasteiger partial charge in [0.25, 0.3) is 0 Å². The van der Waals surface area contributed by atoms with Gasteiger partial charge in [0.1, 0.15) is 11.6 Å². The van der Waals surface area contributed by atoms with Crippen LogP contribution in [-0.2, 0) is 24.3 Å². The summed E-state index contributed by atoms with van der Waals surface area (Å²) in [6, 6.07) is 13.7. The number of benzene rings is 2. The standard InChI is InChI=1S/C23H22BFN4O3.ClH/c1-14-10-17-19(24(30)31)6-3-7-21(17)29(14)23-27-20-8-9-32-13-18(20)22(28-23)26-12-15-4-2-5-16(25)11-15;/h2-7,10-11,30-31H,8-9,12-13H2,1H3,(H,26,27,28);1H. The fourth-order valence-electron chi connectivity index (χ4n) is 4.17. The van der Waals surface area contributed by atoms with E-state index in [1.807, 2.05) is 29.7 Å². The van der Waals surface area contributed by atoms with Crippen LogP contribution in [0.15, 0.2) is 48.5 Å². The van der Waals surface area contributed by atoms with E-state index in [1.165, 1.54) is 12.1 Å². The topological polar surface area (TPSA) is 92.4 Å². The Morgan fingerprint density at radius 1 is 1.15 bits per heavy atom. The van der Waals surface area contributed by atoms with E-state index < -0.39 is 7.12 Å². The number of fused-ring (bicyclic) bond motifs is 2. The molecule has 0 saturated heterocycles. The minimum Gasteiger partial charge on any atom is -0.423 e. The molecule has 2 aromatic carbocycles. The fraction of sp³-hybridized carbons (Fsp3) is 0.217. The lowest BCUT2D eigenvalue weighted by molar-refractivity contribution is 0.109. The minimum atomic E-state index is -1.57. The lowest BCUT2D eigenvalue weighted by Crippen LogP contribution is -2.30. The summed E-state index contributed by atoms with van der Waals surface area (Å²) in [6.45, 7) is 3.33. The number of halogens is 2. The summed E-state index contributed by atoms with van der Waals surface area (Å²) in [6.07, 6.45) is 0.665. The molecule has 7 nitrogen and oxygen atoms in total. The first kappa shape index (κ1) is 23.2. The van der Waals surface area contributed by atoms with Crippen LogP contribution < -0.4 is 10.8 Å². The molecule has 3 N–H and O–H groups in total. The number of aryl methyl sites for hydroxylation is 1. The number of anilines is 1. The largest absolute Gasteiger partial charge is 0.489 e. The fourth-order valence-corrected chi connectivity index (χ4v) is 4.17. The van der Waals surface area contributed by atoms with Gasteiger partial charge in [-0.25, -0.2) is 9.37 Å². The maximum atomic E-state index is 13.6. The molecule has 2 aromatic heterocycles. The second kappa shape index (κ2) is 9.48. The first-order chi connectivity index (χ1) is 15.5. The van der Waals surface area contributed by atoms with Crippen LogP contribution in [-0.4, -0.2) is 38.3 Å². The Morgan fingerprint density at radius 2 is 1.97 bits per heavy atom. The van der Waals surface area contributed by atoms with Gasteiger partial charge in [0.15, 0.2) is 0 Å². The van der Waals surface area contributed by atoms with E-state index in [0.717, 1.165) is 33.4 Å². The highest BCUT2D eigenvalue weighted by molar-refractivity contribution is 6.61. The molecular formula is C23H23BClFN4O3. The van der Waals surface area contributed by atoms with Crippen LogP contribution in [0, 0.1) is 12.7 Å². The van der Waals surface area contributed by atoms with Crippen molar-refractivity contribution in [3.63, 3.8) is 0 Å². The van der Waals surface area contributed by atoms with E-state index in [2.05, 4.69) is 5.32 Å². The molecule has 1 aliphatic rings. The summed E-state index contributed by atoms with van der Waals surface area (Å²) in [4.78, 5) is 9.61. The summed E-state index contributed by atoms with van der Waals surface area (Å²) in [5.41, 5.74) is 4.70. The Hall–Kier alpha value is -2.98. The van der Waals surface area contributed by atoms with Crippen molar-refractivity contribution in [2.45, 2.75) is 26.5 Å². The molecule has 0 saturated carbocycles. The van der Waals surface area contributed by atoms with Crippen molar-refractivity contribution in [1.82, 2.24) is 14.5 Å². The van der Waals surface area contributed by atoms with Crippen LogP contribution >= 0.6 is 12.4 Å².